The molecule has 1 rings (SSSR count). The van der Waals surface area contributed by atoms with E-state index < -0.39 is 21.8 Å². The lowest BCUT2D eigenvalue weighted by Crippen LogP contribution is -2.21. The molecule has 0 aliphatic rings. The number of benzene rings is 1. The van der Waals surface area contributed by atoms with E-state index in [2.05, 4.69) is 0 Å². The minimum absolute atomic E-state index is 0.0655. The van der Waals surface area contributed by atoms with E-state index in [-0.39, 0.29) is 17.0 Å². The first kappa shape index (κ1) is 14.2. The Kier molecular flexibility index (Phi) is 4.07. The molecule has 1 aromatic rings. The Balaban J connectivity index is 3.21. The molecule has 0 unspecified atom stereocenters. The number of methoxy groups -OCH3 is 1. The van der Waals surface area contributed by atoms with Crippen LogP contribution in [0.2, 0.25) is 0 Å². The molecule has 2 N–H and O–H groups in total. The van der Waals surface area contributed by atoms with Gasteiger partial charge >= 0.3 is 11.7 Å². The van der Waals surface area contributed by atoms with E-state index in [4.69, 9.17) is 9.84 Å². The first-order chi connectivity index (χ1) is 8.27. The predicted molar refractivity (Wildman–Crippen MR) is 58.5 cm³/mol. The molecule has 6 nitrogen and oxygen atoms in total. The van der Waals surface area contributed by atoms with Crippen LogP contribution in [0.5, 0.6) is 5.75 Å². The van der Waals surface area contributed by atoms with Gasteiger partial charge in [0.05, 0.1) is 18.4 Å². The molecule has 0 aromatic heterocycles. The lowest BCUT2D eigenvalue weighted by atomic mass is 10.2. The van der Waals surface area contributed by atoms with Crippen molar-refractivity contribution in [1.29, 1.82) is 0 Å². The van der Waals surface area contributed by atoms with Crippen molar-refractivity contribution in [2.75, 3.05) is 11.8 Å². The molecule has 1 aromatic carbocycles. The van der Waals surface area contributed by atoms with Gasteiger partial charge in [-0.1, -0.05) is 0 Å². The smallest absolute Gasteiger partial charge is 0.355 e. The standard InChI is InChI=1S/C9H9F2NO5S/c1-17-7-3-2-5(8(13)14)4-6(7)12-18(15,16)9(10)11/h2-4,9,12H,1H3,(H,13,14). The zero-order valence-electron chi connectivity index (χ0n) is 9.05. The lowest BCUT2D eigenvalue weighted by molar-refractivity contribution is 0.0697. The summed E-state index contributed by atoms with van der Waals surface area (Å²) >= 11 is 0. The molecule has 9 heteroatoms. The number of halogens is 2. The van der Waals surface area contributed by atoms with Gasteiger partial charge in [-0.05, 0) is 18.2 Å². The molecule has 0 heterocycles. The normalized spacial score (nSPS) is 11.3. The van der Waals surface area contributed by atoms with Crippen LogP contribution in [0.15, 0.2) is 18.2 Å². The third kappa shape index (κ3) is 3.06. The summed E-state index contributed by atoms with van der Waals surface area (Å²) in [5.41, 5.74) is -0.625. The van der Waals surface area contributed by atoms with E-state index in [0.717, 1.165) is 18.2 Å². The van der Waals surface area contributed by atoms with Crippen LogP contribution in [0.4, 0.5) is 14.5 Å². The van der Waals surface area contributed by atoms with E-state index >= 15 is 0 Å². The highest BCUT2D eigenvalue weighted by atomic mass is 32.2. The van der Waals surface area contributed by atoms with Crippen LogP contribution in [-0.4, -0.2) is 32.4 Å². The summed E-state index contributed by atoms with van der Waals surface area (Å²) in [5, 5.41) is 8.71. The zero-order valence-corrected chi connectivity index (χ0v) is 9.87. The van der Waals surface area contributed by atoms with E-state index in [0.29, 0.717) is 0 Å². The average Bonchev–Trinajstić information content (AvgIpc) is 2.28. The van der Waals surface area contributed by atoms with E-state index in [1.54, 1.807) is 4.72 Å². The van der Waals surface area contributed by atoms with Crippen molar-refractivity contribution in [2.24, 2.45) is 0 Å². The summed E-state index contributed by atoms with van der Waals surface area (Å²) in [5.74, 6) is -5.02. The van der Waals surface area contributed by atoms with Crippen molar-refractivity contribution in [2.45, 2.75) is 5.76 Å². The third-order valence-electron chi connectivity index (χ3n) is 1.93. The van der Waals surface area contributed by atoms with Crippen molar-refractivity contribution in [3.63, 3.8) is 0 Å². The summed E-state index contributed by atoms with van der Waals surface area (Å²) in [4.78, 5) is 10.7. The zero-order chi connectivity index (χ0) is 13.9. The Hall–Kier alpha value is -1.90. The second-order valence-corrected chi connectivity index (χ2v) is 4.78. The molecule has 0 aliphatic carbocycles. The van der Waals surface area contributed by atoms with Crippen LogP contribution in [0.25, 0.3) is 0 Å². The summed E-state index contributed by atoms with van der Waals surface area (Å²) in [6.07, 6.45) is 0. The molecule has 0 saturated carbocycles. The minimum atomic E-state index is -4.88. The largest absolute Gasteiger partial charge is 0.495 e. The molecule has 0 aliphatic heterocycles. The number of carbonyl (C=O) groups is 1. The summed E-state index contributed by atoms with van der Waals surface area (Å²) in [7, 11) is -3.69. The van der Waals surface area contributed by atoms with Crippen molar-refractivity contribution in [3.8, 4) is 5.75 Å². The Morgan fingerprint density at radius 2 is 2.06 bits per heavy atom. The molecular formula is C9H9F2NO5S. The Morgan fingerprint density at radius 1 is 1.44 bits per heavy atom. The number of ether oxygens (including phenoxy) is 1. The van der Waals surface area contributed by atoms with Gasteiger partial charge in [-0.3, -0.25) is 4.72 Å². The van der Waals surface area contributed by atoms with Gasteiger partial charge in [0.25, 0.3) is 10.0 Å². The van der Waals surface area contributed by atoms with Crippen molar-refractivity contribution >= 4 is 21.7 Å². The van der Waals surface area contributed by atoms with Gasteiger partial charge in [-0.15, -0.1) is 0 Å². The second kappa shape index (κ2) is 5.17. The number of aromatic carboxylic acids is 1. The van der Waals surface area contributed by atoms with Crippen LogP contribution in [-0.2, 0) is 10.0 Å². The number of rotatable bonds is 5. The Bertz CT molecular complexity index is 558. The fraction of sp³-hybridized carbons (Fsp3) is 0.222. The first-order valence-electron chi connectivity index (χ1n) is 4.49. The minimum Gasteiger partial charge on any atom is -0.495 e. The molecule has 0 fully saturated rings. The summed E-state index contributed by atoms with van der Waals surface area (Å²) < 4.78 is 52.6. The topological polar surface area (TPSA) is 92.7 Å². The van der Waals surface area contributed by atoms with Gasteiger partial charge in [0.1, 0.15) is 5.75 Å². The Labute approximate surface area is 101 Å². The highest BCUT2D eigenvalue weighted by Crippen LogP contribution is 2.27. The summed E-state index contributed by atoms with van der Waals surface area (Å²) in [6, 6.07) is 3.20. The Morgan fingerprint density at radius 3 is 2.50 bits per heavy atom. The molecule has 0 spiro atoms. The van der Waals surface area contributed by atoms with Crippen LogP contribution in [0.3, 0.4) is 0 Å². The van der Waals surface area contributed by atoms with Crippen molar-refractivity contribution in [3.05, 3.63) is 23.8 Å². The van der Waals surface area contributed by atoms with E-state index in [1.165, 1.54) is 7.11 Å². The highest BCUT2D eigenvalue weighted by molar-refractivity contribution is 7.93. The SMILES string of the molecule is COc1ccc(C(=O)O)cc1NS(=O)(=O)C(F)F. The fourth-order valence-electron chi connectivity index (χ4n) is 1.12. The van der Waals surface area contributed by atoms with Gasteiger partial charge in [0, 0.05) is 0 Å². The molecular weight excluding hydrogens is 272 g/mol. The predicted octanol–water partition coefficient (Wildman–Crippen LogP) is 1.36. The highest BCUT2D eigenvalue weighted by Gasteiger charge is 2.25. The number of hydrogen-bond donors (Lipinski definition) is 2. The van der Waals surface area contributed by atoms with Gasteiger partial charge in [0.2, 0.25) is 0 Å². The summed E-state index contributed by atoms with van der Waals surface area (Å²) in [6.45, 7) is 0. The van der Waals surface area contributed by atoms with Crippen molar-refractivity contribution < 1.29 is 31.8 Å². The van der Waals surface area contributed by atoms with Crippen LogP contribution < -0.4 is 9.46 Å². The number of hydrogen-bond acceptors (Lipinski definition) is 4. The number of alkyl halides is 2. The van der Waals surface area contributed by atoms with Crippen LogP contribution in [0.1, 0.15) is 10.4 Å². The molecule has 100 valence electrons. The van der Waals surface area contributed by atoms with Gasteiger partial charge in [0.15, 0.2) is 0 Å². The molecule has 0 bridgehead atoms. The van der Waals surface area contributed by atoms with E-state index in [9.17, 15) is 22.0 Å². The van der Waals surface area contributed by atoms with Crippen LogP contribution in [0, 0.1) is 0 Å². The van der Waals surface area contributed by atoms with E-state index in [1.807, 2.05) is 0 Å². The molecule has 0 saturated heterocycles. The van der Waals surface area contributed by atoms with Gasteiger partial charge < -0.3 is 9.84 Å². The van der Waals surface area contributed by atoms with Gasteiger partial charge in [-0.2, -0.15) is 8.78 Å². The number of anilines is 1. The molecule has 0 amide bonds. The maximum absolute atomic E-state index is 12.2. The molecule has 18 heavy (non-hydrogen) atoms. The number of sulfonamides is 1. The number of carboxylic acids is 1. The van der Waals surface area contributed by atoms with Gasteiger partial charge in [-0.25, -0.2) is 13.2 Å². The average molecular weight is 281 g/mol. The number of nitrogens with one attached hydrogen (secondary N) is 1. The second-order valence-electron chi connectivity index (χ2n) is 3.13. The van der Waals surface area contributed by atoms with Crippen LogP contribution >= 0.6 is 0 Å². The monoisotopic (exact) mass is 281 g/mol. The fourth-order valence-corrected chi connectivity index (χ4v) is 1.67. The third-order valence-corrected chi connectivity index (χ3v) is 2.91. The maximum Gasteiger partial charge on any atom is 0.355 e. The molecule has 0 radical (unpaired) electrons. The maximum atomic E-state index is 12.2. The quantitative estimate of drug-likeness (QED) is 0.850. The number of carboxylic acid groups (broad SMARTS) is 1. The lowest BCUT2D eigenvalue weighted by Gasteiger charge is -2.11. The van der Waals surface area contributed by atoms with Crippen molar-refractivity contribution in [1.82, 2.24) is 0 Å². The first-order valence-corrected chi connectivity index (χ1v) is 6.03. The molecule has 0 atom stereocenters.